The lowest BCUT2D eigenvalue weighted by Gasteiger charge is -2.42. The highest BCUT2D eigenvalue weighted by atomic mass is 28.4. The smallest absolute Gasteiger partial charge is 0.411 e. The molecule has 0 N–H and O–H groups in total. The molecule has 196 valence electrons. The molecule has 0 spiro atoms. The van der Waals surface area contributed by atoms with E-state index in [1.807, 2.05) is 0 Å². The molecule has 1 saturated heterocycles. The second-order valence-corrected chi connectivity index (χ2v) is 16.8. The SMILES string of the molecule is CC(=O)OCC1CC(C(C)=O)N(C(=O)OC(C)(C)C)C1C(=O)CO[Si](C(C)C)(C(C)C)C(C)C. The molecule has 0 bridgehead atoms. The molecule has 0 saturated carbocycles. The Kier molecular flexibility index (Phi) is 10.5. The third-order valence-electron chi connectivity index (χ3n) is 6.68. The molecule has 3 atom stereocenters. The Morgan fingerprint density at radius 3 is 1.82 bits per heavy atom. The van der Waals surface area contributed by atoms with E-state index in [9.17, 15) is 19.2 Å². The number of carbonyl (C=O) groups excluding carboxylic acids is 4. The number of ketones is 2. The Labute approximate surface area is 206 Å². The van der Waals surface area contributed by atoms with Crippen molar-refractivity contribution in [3.8, 4) is 0 Å². The zero-order chi connectivity index (χ0) is 26.6. The van der Waals surface area contributed by atoms with Crippen LogP contribution in [0.2, 0.25) is 16.6 Å². The van der Waals surface area contributed by atoms with Gasteiger partial charge in [0.15, 0.2) is 11.6 Å². The molecule has 0 aliphatic carbocycles. The predicted molar refractivity (Wildman–Crippen MR) is 133 cm³/mol. The number of Topliss-reactive ketones (excluding diaryl/α,β-unsaturated/α-hetero) is 2. The van der Waals surface area contributed by atoms with E-state index in [0.29, 0.717) is 0 Å². The summed E-state index contributed by atoms with van der Waals surface area (Å²) in [5.74, 6) is -1.55. The summed E-state index contributed by atoms with van der Waals surface area (Å²) in [5, 5.41) is 0. The van der Waals surface area contributed by atoms with Crippen molar-refractivity contribution in [1.29, 1.82) is 0 Å². The summed E-state index contributed by atoms with van der Waals surface area (Å²) >= 11 is 0. The summed E-state index contributed by atoms with van der Waals surface area (Å²) in [6, 6.07) is -1.80. The number of amides is 1. The van der Waals surface area contributed by atoms with Crippen LogP contribution in [0.4, 0.5) is 4.79 Å². The fourth-order valence-electron chi connectivity index (χ4n) is 5.45. The molecule has 0 aromatic rings. The molecule has 0 radical (unpaired) electrons. The Balaban J connectivity index is 3.36. The quantitative estimate of drug-likeness (QED) is 0.311. The minimum Gasteiger partial charge on any atom is -0.465 e. The van der Waals surface area contributed by atoms with E-state index in [1.165, 1.54) is 18.7 Å². The van der Waals surface area contributed by atoms with Crippen molar-refractivity contribution in [2.75, 3.05) is 13.2 Å². The van der Waals surface area contributed by atoms with Crippen LogP contribution in [0.1, 0.15) is 82.6 Å². The highest BCUT2D eigenvalue weighted by Crippen LogP contribution is 2.42. The molecule has 1 aliphatic rings. The van der Waals surface area contributed by atoms with E-state index in [1.54, 1.807) is 20.8 Å². The normalized spacial score (nSPS) is 21.4. The second-order valence-electron chi connectivity index (χ2n) is 11.3. The molecule has 9 heteroatoms. The predicted octanol–water partition coefficient (Wildman–Crippen LogP) is 4.89. The summed E-state index contributed by atoms with van der Waals surface area (Å²) in [6.07, 6.45) is -0.504. The first kappa shape index (κ1) is 30.3. The number of carbonyl (C=O) groups is 4. The monoisotopic (exact) mass is 499 g/mol. The molecule has 34 heavy (non-hydrogen) atoms. The van der Waals surface area contributed by atoms with Crippen LogP contribution in [-0.2, 0) is 28.3 Å². The van der Waals surface area contributed by atoms with Crippen LogP contribution in [0.25, 0.3) is 0 Å². The van der Waals surface area contributed by atoms with E-state index in [2.05, 4.69) is 41.5 Å². The molecular weight excluding hydrogens is 454 g/mol. The van der Waals surface area contributed by atoms with Gasteiger partial charge in [-0.25, -0.2) is 4.79 Å². The highest BCUT2D eigenvalue weighted by Gasteiger charge is 2.52. The number of nitrogens with zero attached hydrogens (tertiary/aromatic N) is 1. The number of hydrogen-bond acceptors (Lipinski definition) is 7. The van der Waals surface area contributed by atoms with Crippen molar-refractivity contribution in [2.24, 2.45) is 5.92 Å². The minimum absolute atomic E-state index is 0.0596. The van der Waals surface area contributed by atoms with E-state index in [4.69, 9.17) is 13.9 Å². The topological polar surface area (TPSA) is 99.2 Å². The first-order valence-corrected chi connectivity index (χ1v) is 14.4. The van der Waals surface area contributed by atoms with Crippen molar-refractivity contribution in [3.05, 3.63) is 0 Å². The average Bonchev–Trinajstić information content (AvgIpc) is 3.04. The van der Waals surface area contributed by atoms with Gasteiger partial charge in [0.1, 0.15) is 11.6 Å². The van der Waals surface area contributed by atoms with Crippen molar-refractivity contribution >= 4 is 31.9 Å². The minimum atomic E-state index is -2.33. The molecule has 1 rings (SSSR count). The van der Waals surface area contributed by atoms with Gasteiger partial charge in [-0.05, 0) is 50.7 Å². The summed E-state index contributed by atoms with van der Waals surface area (Å²) in [4.78, 5) is 52.0. The zero-order valence-electron chi connectivity index (χ0n) is 22.9. The Hall–Kier alpha value is -1.74. The van der Waals surface area contributed by atoms with Gasteiger partial charge in [0.05, 0.1) is 19.3 Å². The fourth-order valence-corrected chi connectivity index (χ4v) is 10.8. The summed E-state index contributed by atoms with van der Waals surface area (Å²) < 4.78 is 17.3. The van der Waals surface area contributed by atoms with Crippen molar-refractivity contribution in [2.45, 2.75) is 117 Å². The molecule has 1 aliphatic heterocycles. The van der Waals surface area contributed by atoms with Crippen LogP contribution in [0.15, 0.2) is 0 Å². The third-order valence-corrected chi connectivity index (χ3v) is 12.7. The third kappa shape index (κ3) is 7.13. The van der Waals surface area contributed by atoms with Crippen molar-refractivity contribution < 1.29 is 33.1 Å². The lowest BCUT2D eigenvalue weighted by molar-refractivity contribution is -0.143. The van der Waals surface area contributed by atoms with Gasteiger partial charge in [-0.3, -0.25) is 19.3 Å². The van der Waals surface area contributed by atoms with Gasteiger partial charge in [-0.15, -0.1) is 0 Å². The van der Waals surface area contributed by atoms with Crippen LogP contribution >= 0.6 is 0 Å². The first-order valence-electron chi connectivity index (χ1n) is 12.3. The standard InChI is InChI=1S/C25H45NO7Si/c1-15(2)34(16(3)4,17(5)6)32-14-22(29)23-20(13-31-19(8)28)12-21(18(7)27)26(23)24(30)33-25(9,10)11/h15-17,20-21,23H,12-14H2,1-11H3. The summed E-state index contributed by atoms with van der Waals surface area (Å²) in [7, 11) is -2.33. The zero-order valence-corrected chi connectivity index (χ0v) is 23.9. The Bertz CT molecular complexity index is 735. The number of likely N-dealkylation sites (tertiary alicyclic amines) is 1. The molecule has 0 aromatic heterocycles. The maximum atomic E-state index is 13.7. The van der Waals surface area contributed by atoms with Gasteiger partial charge < -0.3 is 13.9 Å². The highest BCUT2D eigenvalue weighted by molar-refractivity contribution is 6.77. The van der Waals surface area contributed by atoms with E-state index in [-0.39, 0.29) is 47.8 Å². The molecule has 8 nitrogen and oxygen atoms in total. The summed E-state index contributed by atoms with van der Waals surface area (Å²) in [6.45, 7) is 20.5. The van der Waals surface area contributed by atoms with Crippen LogP contribution < -0.4 is 0 Å². The van der Waals surface area contributed by atoms with Gasteiger partial charge in [0, 0.05) is 12.8 Å². The van der Waals surface area contributed by atoms with Gasteiger partial charge >= 0.3 is 12.1 Å². The van der Waals surface area contributed by atoms with Gasteiger partial charge in [0.25, 0.3) is 0 Å². The number of rotatable bonds is 10. The Morgan fingerprint density at radius 2 is 1.44 bits per heavy atom. The Morgan fingerprint density at radius 1 is 0.941 bits per heavy atom. The van der Waals surface area contributed by atoms with E-state index >= 15 is 0 Å². The number of esters is 1. The lowest BCUT2D eigenvalue weighted by Crippen LogP contribution is -2.54. The molecule has 3 unspecified atom stereocenters. The number of ether oxygens (including phenoxy) is 2. The molecule has 1 heterocycles. The van der Waals surface area contributed by atoms with E-state index < -0.39 is 44.0 Å². The van der Waals surface area contributed by atoms with Gasteiger partial charge in [-0.2, -0.15) is 0 Å². The van der Waals surface area contributed by atoms with Crippen molar-refractivity contribution in [3.63, 3.8) is 0 Å². The van der Waals surface area contributed by atoms with Gasteiger partial charge in [0.2, 0.25) is 8.32 Å². The van der Waals surface area contributed by atoms with E-state index in [0.717, 1.165) is 0 Å². The second kappa shape index (κ2) is 11.8. The lowest BCUT2D eigenvalue weighted by atomic mass is 9.96. The molecule has 1 fully saturated rings. The largest absolute Gasteiger partial charge is 0.465 e. The molecule has 0 aromatic carbocycles. The maximum Gasteiger partial charge on any atom is 0.411 e. The molecule has 1 amide bonds. The van der Waals surface area contributed by atoms with Crippen LogP contribution in [0, 0.1) is 5.92 Å². The summed E-state index contributed by atoms with van der Waals surface area (Å²) in [5.41, 5.74) is 0.0545. The van der Waals surface area contributed by atoms with Crippen LogP contribution in [0.5, 0.6) is 0 Å². The average molecular weight is 500 g/mol. The first-order chi connectivity index (χ1) is 15.5. The van der Waals surface area contributed by atoms with Crippen LogP contribution in [0.3, 0.4) is 0 Å². The van der Waals surface area contributed by atoms with Crippen LogP contribution in [-0.4, -0.2) is 67.7 Å². The number of hydrogen-bond donors (Lipinski definition) is 0. The fraction of sp³-hybridized carbons (Fsp3) is 0.840. The van der Waals surface area contributed by atoms with Gasteiger partial charge in [-0.1, -0.05) is 41.5 Å². The molecular formula is C25H45NO7Si. The maximum absolute atomic E-state index is 13.7. The van der Waals surface area contributed by atoms with Crippen molar-refractivity contribution in [1.82, 2.24) is 4.90 Å².